The number of benzene rings is 9. The number of para-hydroxylation sites is 4. The van der Waals surface area contributed by atoms with E-state index in [1.54, 1.807) is 0 Å². The fraction of sp³-hybridized carbons (Fsp3) is 0.118. The van der Waals surface area contributed by atoms with Gasteiger partial charge in [-0.25, -0.2) is 0 Å². The van der Waals surface area contributed by atoms with E-state index in [0.29, 0.717) is 11.6 Å². The summed E-state index contributed by atoms with van der Waals surface area (Å²) in [5.74, 6) is 1.75. The molecule has 0 fully saturated rings. The van der Waals surface area contributed by atoms with Gasteiger partial charge in [-0.2, -0.15) is 12.1 Å². The van der Waals surface area contributed by atoms with E-state index in [1.807, 2.05) is 42.5 Å². The van der Waals surface area contributed by atoms with E-state index in [2.05, 4.69) is 280 Å². The number of rotatable bonds is 10. The van der Waals surface area contributed by atoms with Crippen LogP contribution in [0.1, 0.15) is 52.7 Å². The number of imidazole rings is 1. The molecule has 6 nitrogen and oxygen atoms in total. The topological polar surface area (TPSA) is 38.5 Å². The molecule has 1 aliphatic heterocycles. The molecular weight excluding hydrogens is 1110 g/mol. The molecule has 0 saturated heterocycles. The number of hydrogen-bond donors (Lipinski definition) is 0. The molecule has 76 heavy (non-hydrogen) atoms. The number of aromatic nitrogens is 3. The number of anilines is 4. The van der Waals surface area contributed by atoms with Gasteiger partial charge in [0.2, 0.25) is 0 Å². The van der Waals surface area contributed by atoms with Gasteiger partial charge in [-0.1, -0.05) is 48.5 Å². The zero-order valence-electron chi connectivity index (χ0n) is 43.5. The van der Waals surface area contributed by atoms with Crippen molar-refractivity contribution >= 4 is 46.4 Å². The van der Waals surface area contributed by atoms with E-state index in [0.717, 1.165) is 71.2 Å². The summed E-state index contributed by atoms with van der Waals surface area (Å²) in [6, 6.07) is 89.0. The molecule has 0 spiro atoms. The Hall–Kier alpha value is -8.25. The quantitative estimate of drug-likeness (QED) is 0.101. The molecule has 11 aromatic rings. The number of pyridine rings is 1. The standard InChI is InChI=1S/C68H56BN5O.Pt/c1-67(2,3)52-42-50(48-25-11-7-12-26-48)41-51(43-52)59-45-53(68(4,5)6)44-58(49-27-13-8-14-28-49)66(59)72-47-71(60-35-19-20-36-61(60)72)56-33-23-34-57(46-56)75-65-40-24-39-64(70-65)74-63-38-22-21-37-62(63)73(55-31-17-10-18-32-55)69(74)54-29-15-9-16-30-54;/h7-37,39-45H,1-6H3;/q-2;. The zero-order valence-corrected chi connectivity index (χ0v) is 45.7. The molecule has 374 valence electrons. The molecule has 1 aliphatic rings. The fourth-order valence-electron chi connectivity index (χ4n) is 10.5. The van der Waals surface area contributed by atoms with Crippen molar-refractivity contribution in [2.45, 2.75) is 52.4 Å². The Morgan fingerprint density at radius 3 is 1.76 bits per heavy atom. The maximum atomic E-state index is 6.77. The van der Waals surface area contributed by atoms with Gasteiger partial charge in [0.25, 0.3) is 0 Å². The summed E-state index contributed by atoms with van der Waals surface area (Å²) >= 11 is 2.52. The third-order valence-electron chi connectivity index (χ3n) is 14.3. The monoisotopic (exact) mass is 1160 g/mol. The van der Waals surface area contributed by atoms with Crippen LogP contribution in [0.5, 0.6) is 11.6 Å². The predicted molar refractivity (Wildman–Crippen MR) is 311 cm³/mol. The molecule has 0 aliphatic carbocycles. The second-order valence-corrected chi connectivity index (χ2v) is 22.5. The predicted octanol–water partition coefficient (Wildman–Crippen LogP) is 16.6. The van der Waals surface area contributed by atoms with Crippen molar-refractivity contribution in [3.8, 4) is 56.4 Å². The van der Waals surface area contributed by atoms with Crippen LogP contribution in [-0.4, -0.2) is 21.1 Å². The van der Waals surface area contributed by atoms with Crippen molar-refractivity contribution in [3.05, 3.63) is 258 Å². The number of fused-ring (bicyclic) bond motifs is 2. The van der Waals surface area contributed by atoms with Gasteiger partial charge >= 0.3 is 376 Å². The maximum absolute atomic E-state index is 6.77. The third-order valence-corrected chi connectivity index (χ3v) is 15.3. The Bertz CT molecular complexity index is 3970. The van der Waals surface area contributed by atoms with Crippen molar-refractivity contribution in [2.24, 2.45) is 0 Å². The summed E-state index contributed by atoms with van der Waals surface area (Å²) in [4.78, 5) is 9.85. The average molecular weight is 1170 g/mol. The first-order chi connectivity index (χ1) is 36.9. The van der Waals surface area contributed by atoms with Gasteiger partial charge in [0.15, 0.2) is 0 Å². The Morgan fingerprint density at radius 2 is 1.08 bits per heavy atom. The van der Waals surface area contributed by atoms with Gasteiger partial charge in [0, 0.05) is 5.69 Å². The number of nitrogens with zero attached hydrogens (tertiary/aromatic N) is 5. The molecule has 8 heteroatoms. The molecule has 0 saturated carbocycles. The molecule has 0 amide bonds. The normalized spacial score (nSPS) is 12.6. The van der Waals surface area contributed by atoms with Crippen molar-refractivity contribution in [3.63, 3.8) is 0 Å². The third kappa shape index (κ3) is 9.13. The Balaban J connectivity index is 1.00. The molecule has 12 rings (SSSR count). The Morgan fingerprint density at radius 1 is 0.500 bits per heavy atom. The van der Waals surface area contributed by atoms with Crippen LogP contribution in [0, 0.1) is 15.9 Å². The molecule has 3 heterocycles. The molecular formula is C68H56BN5OPt-2. The molecule has 0 radical (unpaired) electrons. The van der Waals surface area contributed by atoms with E-state index >= 15 is 0 Å². The van der Waals surface area contributed by atoms with E-state index in [1.165, 1.54) is 27.8 Å². The number of hydrogen-bond acceptors (Lipinski definition) is 4. The van der Waals surface area contributed by atoms with Crippen molar-refractivity contribution in [1.82, 2.24) is 14.1 Å². The second kappa shape index (κ2) is 19.8. The van der Waals surface area contributed by atoms with Crippen molar-refractivity contribution in [1.29, 1.82) is 0 Å². The van der Waals surface area contributed by atoms with Crippen molar-refractivity contribution in [2.75, 3.05) is 9.62 Å². The first-order valence-electron chi connectivity index (χ1n) is 25.9. The molecule has 0 unspecified atom stereocenters. The Labute approximate surface area is 457 Å². The van der Waals surface area contributed by atoms with Crippen molar-refractivity contribution < 1.29 is 24.1 Å². The van der Waals surface area contributed by atoms with Crippen LogP contribution in [0.25, 0.3) is 55.8 Å². The van der Waals surface area contributed by atoms with E-state index < -0.39 is 0 Å². The van der Waals surface area contributed by atoms with E-state index in [4.69, 9.17) is 9.72 Å². The van der Waals surface area contributed by atoms with Gasteiger partial charge in [-0.3, -0.25) is 0 Å². The average Bonchev–Trinajstić information content (AvgIpc) is 4.00. The molecule has 0 bridgehead atoms. The van der Waals surface area contributed by atoms with Gasteiger partial charge in [-0.15, -0.1) is 6.07 Å². The number of ether oxygens (including phenoxy) is 1. The summed E-state index contributed by atoms with van der Waals surface area (Å²) < 4.78 is 12.5. The SMILES string of the molecule is CC(C)(C)c1cc(-c2ccccc2)cc(-c2cc(C(C)(C)C)cc(-c3ccccc3)c2-n2[c](=[Pt])n(-c3[c-]c(Oc4cccc(N5B(c6ccccc6)N(c6ccccc6)c6ccc[c-]c65)n4)ccc3)c3ccccc32)c1. The van der Waals surface area contributed by atoms with Gasteiger partial charge in [0.05, 0.1) is 0 Å². The summed E-state index contributed by atoms with van der Waals surface area (Å²) in [6.07, 6.45) is 0. The van der Waals surface area contributed by atoms with Crippen LogP contribution in [0.3, 0.4) is 0 Å². The van der Waals surface area contributed by atoms with Crippen LogP contribution in [-0.2, 0) is 30.2 Å². The first kappa shape index (κ1) is 48.7. The second-order valence-electron chi connectivity index (χ2n) is 21.5. The molecule has 2 aromatic heterocycles. The van der Waals surface area contributed by atoms with E-state index in [-0.39, 0.29) is 17.8 Å². The fourth-order valence-corrected chi connectivity index (χ4v) is 11.6. The summed E-state index contributed by atoms with van der Waals surface area (Å²) in [7, 11) is 0. The first-order valence-corrected chi connectivity index (χ1v) is 27.0. The molecule has 9 aromatic carbocycles. The minimum atomic E-state index is -0.230. The van der Waals surface area contributed by atoms with E-state index in [9.17, 15) is 0 Å². The summed E-state index contributed by atoms with van der Waals surface area (Å²) in [5, 5.41) is 0. The summed E-state index contributed by atoms with van der Waals surface area (Å²) in [5.41, 5.74) is 17.6. The summed E-state index contributed by atoms with van der Waals surface area (Å²) in [6.45, 7) is 13.6. The molecule has 0 N–H and O–H groups in total. The van der Waals surface area contributed by atoms with Crippen LogP contribution in [0.2, 0.25) is 0 Å². The van der Waals surface area contributed by atoms with Crippen LogP contribution >= 0.6 is 0 Å². The van der Waals surface area contributed by atoms with Gasteiger partial charge < -0.3 is 0 Å². The minimum absolute atomic E-state index is 0.104. The van der Waals surface area contributed by atoms with Gasteiger partial charge in [0.1, 0.15) is 0 Å². The van der Waals surface area contributed by atoms with Crippen LogP contribution in [0.15, 0.2) is 231 Å². The Kier molecular flexibility index (Phi) is 12.7. The van der Waals surface area contributed by atoms with Crippen LogP contribution in [0.4, 0.5) is 22.9 Å². The van der Waals surface area contributed by atoms with Gasteiger partial charge in [-0.05, 0) is 12.1 Å². The molecule has 0 atom stereocenters. The zero-order chi connectivity index (χ0) is 52.1. The van der Waals surface area contributed by atoms with Crippen LogP contribution < -0.4 is 19.8 Å².